The lowest BCUT2D eigenvalue weighted by molar-refractivity contribution is 0.282. The summed E-state index contributed by atoms with van der Waals surface area (Å²) < 4.78 is 0. The van der Waals surface area contributed by atoms with Crippen LogP contribution in [0.25, 0.3) is 0 Å². The third-order valence-electron chi connectivity index (χ3n) is 2.22. The molecule has 0 aliphatic carbocycles. The van der Waals surface area contributed by atoms with E-state index in [2.05, 4.69) is 0 Å². The average molecular weight is 248 g/mol. The quantitative estimate of drug-likeness (QED) is 0.298. The fourth-order valence-corrected chi connectivity index (χ4v) is 1.22. The summed E-state index contributed by atoms with van der Waals surface area (Å²) in [6, 6.07) is 11.4. The van der Waals surface area contributed by atoms with Crippen LogP contribution in [0.15, 0.2) is 42.5 Å². The Bertz CT molecular complexity index is 515. The lowest BCUT2D eigenvalue weighted by Gasteiger charge is -1.97. The summed E-state index contributed by atoms with van der Waals surface area (Å²) in [5.74, 6) is -0.334. The first kappa shape index (κ1) is 13.7. The number of hydrogen-bond acceptors (Lipinski definition) is 5. The van der Waals surface area contributed by atoms with Gasteiger partial charge in [-0.15, -0.1) is 0 Å². The second kappa shape index (κ2) is 6.36. The van der Waals surface area contributed by atoms with Crippen LogP contribution in [0.5, 0.6) is 11.5 Å². The monoisotopic (exact) mass is 248 g/mol. The number of rotatable bonds is 1. The molecule has 5 nitrogen and oxygen atoms in total. The molecule has 2 rings (SSSR count). The van der Waals surface area contributed by atoms with Crippen molar-refractivity contribution in [3.63, 3.8) is 0 Å². The number of nitrogens with two attached hydrogens (primary N) is 2. The van der Waals surface area contributed by atoms with Crippen molar-refractivity contribution in [3.05, 3.63) is 48.0 Å². The number of benzene rings is 2. The number of aromatic hydroxyl groups is 2. The molecule has 0 heterocycles. The van der Waals surface area contributed by atoms with Gasteiger partial charge in [-0.2, -0.15) is 0 Å². The minimum Gasteiger partial charge on any atom is -0.504 e. The van der Waals surface area contributed by atoms with Crippen molar-refractivity contribution in [1.29, 1.82) is 0 Å². The molecule has 0 bridgehead atoms. The number of aliphatic hydroxyl groups is 1. The smallest absolute Gasteiger partial charge is 0.159 e. The molecule has 0 saturated heterocycles. The number of aliphatic hydroxyl groups excluding tert-OH is 1. The van der Waals surface area contributed by atoms with Gasteiger partial charge in [-0.3, -0.25) is 0 Å². The van der Waals surface area contributed by atoms with Gasteiger partial charge in [0.1, 0.15) is 0 Å². The largest absolute Gasteiger partial charge is 0.504 e. The van der Waals surface area contributed by atoms with Crippen LogP contribution >= 0.6 is 0 Å². The SMILES string of the molecule is Nc1ccc(O)c(O)c1.Nc1ccccc1CO. The maximum atomic E-state index is 8.77. The third kappa shape index (κ3) is 3.88. The van der Waals surface area contributed by atoms with E-state index < -0.39 is 0 Å². The van der Waals surface area contributed by atoms with Crippen molar-refractivity contribution >= 4 is 11.4 Å². The highest BCUT2D eigenvalue weighted by atomic mass is 16.3. The first-order chi connectivity index (χ1) is 8.54. The third-order valence-corrected chi connectivity index (χ3v) is 2.22. The normalized spacial score (nSPS) is 9.39. The molecule has 0 radical (unpaired) electrons. The van der Waals surface area contributed by atoms with Crippen LogP contribution in [-0.2, 0) is 6.61 Å². The molecule has 18 heavy (non-hydrogen) atoms. The summed E-state index contributed by atoms with van der Waals surface area (Å²) >= 11 is 0. The Morgan fingerprint density at radius 1 is 0.889 bits per heavy atom. The van der Waals surface area contributed by atoms with E-state index in [1.54, 1.807) is 12.1 Å². The van der Waals surface area contributed by atoms with Gasteiger partial charge in [-0.25, -0.2) is 0 Å². The Morgan fingerprint density at radius 3 is 2.00 bits per heavy atom. The van der Waals surface area contributed by atoms with E-state index in [1.807, 2.05) is 12.1 Å². The van der Waals surface area contributed by atoms with Gasteiger partial charge in [0.25, 0.3) is 0 Å². The summed E-state index contributed by atoms with van der Waals surface area (Å²) in [4.78, 5) is 0. The van der Waals surface area contributed by atoms with Crippen molar-refractivity contribution in [1.82, 2.24) is 0 Å². The zero-order chi connectivity index (χ0) is 13.5. The topological polar surface area (TPSA) is 113 Å². The second-order valence-electron chi connectivity index (χ2n) is 3.61. The van der Waals surface area contributed by atoms with Crippen LogP contribution in [0.1, 0.15) is 5.56 Å². The molecule has 0 atom stereocenters. The van der Waals surface area contributed by atoms with Crippen LogP contribution in [0.2, 0.25) is 0 Å². The number of nitrogen functional groups attached to an aromatic ring is 2. The Balaban J connectivity index is 0.000000180. The molecule has 2 aromatic rings. The van der Waals surface area contributed by atoms with E-state index in [-0.39, 0.29) is 18.1 Å². The molecule has 96 valence electrons. The molecule has 0 amide bonds. The summed E-state index contributed by atoms with van der Waals surface area (Å²) in [6.45, 7) is 0.0205. The zero-order valence-corrected chi connectivity index (χ0v) is 9.74. The van der Waals surface area contributed by atoms with Crippen molar-refractivity contribution in [2.24, 2.45) is 0 Å². The van der Waals surface area contributed by atoms with Crippen LogP contribution in [0.4, 0.5) is 11.4 Å². The van der Waals surface area contributed by atoms with Crippen LogP contribution in [0, 0.1) is 0 Å². The lowest BCUT2D eigenvalue weighted by atomic mass is 10.2. The highest BCUT2D eigenvalue weighted by Gasteiger charge is 1.95. The van der Waals surface area contributed by atoms with E-state index in [9.17, 15) is 0 Å². The lowest BCUT2D eigenvalue weighted by Crippen LogP contribution is -1.91. The number of phenolic OH excluding ortho intramolecular Hbond substituents is 2. The highest BCUT2D eigenvalue weighted by molar-refractivity contribution is 5.50. The molecule has 2 aromatic carbocycles. The number of hydrogen-bond donors (Lipinski definition) is 5. The summed E-state index contributed by atoms with van der Waals surface area (Å²) in [7, 11) is 0. The van der Waals surface area contributed by atoms with Gasteiger partial charge in [0.2, 0.25) is 0 Å². The number of phenols is 2. The number of para-hydroxylation sites is 1. The molecule has 0 spiro atoms. The molecule has 0 aromatic heterocycles. The molecular formula is C13H16N2O3. The minimum absolute atomic E-state index is 0.0205. The summed E-state index contributed by atoms with van der Waals surface area (Å²) in [6.07, 6.45) is 0. The van der Waals surface area contributed by atoms with Gasteiger partial charge in [0.05, 0.1) is 6.61 Å². The maximum absolute atomic E-state index is 8.77. The fourth-order valence-electron chi connectivity index (χ4n) is 1.22. The van der Waals surface area contributed by atoms with Crippen molar-refractivity contribution in [3.8, 4) is 11.5 Å². The second-order valence-corrected chi connectivity index (χ2v) is 3.61. The van der Waals surface area contributed by atoms with Gasteiger partial charge >= 0.3 is 0 Å². The summed E-state index contributed by atoms with van der Waals surface area (Å²) in [5, 5.41) is 26.1. The Kier molecular flexibility index (Phi) is 4.83. The highest BCUT2D eigenvalue weighted by Crippen LogP contribution is 2.25. The molecule has 0 fully saturated rings. The first-order valence-corrected chi connectivity index (χ1v) is 5.26. The Morgan fingerprint density at radius 2 is 1.56 bits per heavy atom. The van der Waals surface area contributed by atoms with E-state index in [0.29, 0.717) is 11.4 Å². The molecule has 0 aliphatic rings. The molecule has 0 unspecified atom stereocenters. The first-order valence-electron chi connectivity index (χ1n) is 5.26. The Hall–Kier alpha value is -2.40. The van der Waals surface area contributed by atoms with Gasteiger partial charge in [0.15, 0.2) is 11.5 Å². The molecular weight excluding hydrogens is 232 g/mol. The fraction of sp³-hybridized carbons (Fsp3) is 0.0769. The van der Waals surface area contributed by atoms with Gasteiger partial charge in [-0.1, -0.05) is 18.2 Å². The van der Waals surface area contributed by atoms with Gasteiger partial charge in [0, 0.05) is 23.0 Å². The standard InChI is InChI=1S/C7H9NO.C6H7NO2/c8-7-4-2-1-3-6(7)5-9;7-4-1-2-5(8)6(9)3-4/h1-4,9H,5,8H2;1-3,8-9H,7H2. The predicted molar refractivity (Wildman–Crippen MR) is 71.0 cm³/mol. The average Bonchev–Trinajstić information content (AvgIpc) is 2.36. The zero-order valence-electron chi connectivity index (χ0n) is 9.74. The minimum atomic E-state index is -0.185. The molecule has 0 aliphatic heterocycles. The molecule has 7 N–H and O–H groups in total. The van der Waals surface area contributed by atoms with Crippen LogP contribution in [0.3, 0.4) is 0 Å². The predicted octanol–water partition coefficient (Wildman–Crippen LogP) is 1.44. The molecule has 5 heteroatoms. The maximum Gasteiger partial charge on any atom is 0.159 e. The van der Waals surface area contributed by atoms with Crippen molar-refractivity contribution in [2.45, 2.75) is 6.61 Å². The molecule has 0 saturated carbocycles. The van der Waals surface area contributed by atoms with E-state index in [4.69, 9.17) is 26.8 Å². The van der Waals surface area contributed by atoms with Gasteiger partial charge in [-0.05, 0) is 18.2 Å². The van der Waals surface area contributed by atoms with Gasteiger partial charge < -0.3 is 26.8 Å². The Labute approximate surface area is 105 Å². The van der Waals surface area contributed by atoms with Crippen LogP contribution < -0.4 is 11.5 Å². The summed E-state index contributed by atoms with van der Waals surface area (Å²) in [5.41, 5.74) is 12.6. The van der Waals surface area contributed by atoms with E-state index in [0.717, 1.165) is 5.56 Å². The van der Waals surface area contributed by atoms with E-state index in [1.165, 1.54) is 18.2 Å². The van der Waals surface area contributed by atoms with Crippen LogP contribution in [-0.4, -0.2) is 15.3 Å². The number of anilines is 2. The van der Waals surface area contributed by atoms with Crippen molar-refractivity contribution < 1.29 is 15.3 Å². The van der Waals surface area contributed by atoms with E-state index >= 15 is 0 Å². The van der Waals surface area contributed by atoms with Crippen molar-refractivity contribution in [2.75, 3.05) is 11.5 Å².